The average molecular weight is 372 g/mol. The van der Waals surface area contributed by atoms with Gasteiger partial charge in [0.25, 0.3) is 0 Å². The van der Waals surface area contributed by atoms with Crippen molar-refractivity contribution in [2.75, 3.05) is 11.4 Å². The molecular weight excluding hydrogens is 326 g/mol. The van der Waals surface area contributed by atoms with Gasteiger partial charge >= 0.3 is 0 Å². The van der Waals surface area contributed by atoms with E-state index >= 15 is 0 Å². The summed E-state index contributed by atoms with van der Waals surface area (Å²) >= 11 is 0. The number of benzene rings is 1. The average Bonchev–Trinajstić information content (AvgIpc) is 3.03. The Morgan fingerprint density at radius 3 is 2.19 bits per heavy atom. The molecule has 0 N–H and O–H groups in total. The topological polar surface area (TPSA) is 3.24 Å². The standard InChI is InChI=1S/C26H45N/c1-5-9-13-15-22-18-19-23-21-24(16-11-7-3)27(20-14-10-6-2)26(23)25(22)17-12-8-4/h18-19,24H,5-17,20-21H2,1-4H3. The lowest BCUT2D eigenvalue weighted by molar-refractivity contribution is 0.534. The van der Waals surface area contributed by atoms with Crippen LogP contribution >= 0.6 is 0 Å². The number of aryl methyl sites for hydroxylation is 1. The first-order valence-electron chi connectivity index (χ1n) is 12.2. The Balaban J connectivity index is 2.30. The normalized spacial score (nSPS) is 16.1. The number of hydrogen-bond acceptors (Lipinski definition) is 1. The van der Waals surface area contributed by atoms with Gasteiger partial charge in [0.2, 0.25) is 0 Å². The van der Waals surface area contributed by atoms with Crippen LogP contribution in [0.1, 0.15) is 115 Å². The second kappa shape index (κ2) is 12.5. The van der Waals surface area contributed by atoms with Gasteiger partial charge in [-0.15, -0.1) is 0 Å². The molecule has 0 aliphatic carbocycles. The van der Waals surface area contributed by atoms with E-state index in [0.717, 1.165) is 6.04 Å². The molecule has 1 aliphatic heterocycles. The summed E-state index contributed by atoms with van der Waals surface area (Å²) in [6.45, 7) is 10.6. The molecular formula is C26H45N. The van der Waals surface area contributed by atoms with E-state index in [2.05, 4.69) is 44.7 Å². The molecule has 1 unspecified atom stereocenters. The van der Waals surface area contributed by atoms with Gasteiger partial charge < -0.3 is 4.90 Å². The zero-order chi connectivity index (χ0) is 19.5. The molecule has 1 atom stereocenters. The zero-order valence-corrected chi connectivity index (χ0v) is 18.8. The molecule has 0 spiro atoms. The van der Waals surface area contributed by atoms with Crippen molar-refractivity contribution in [1.82, 2.24) is 0 Å². The third-order valence-electron chi connectivity index (χ3n) is 6.37. The van der Waals surface area contributed by atoms with Crippen molar-refractivity contribution < 1.29 is 0 Å². The fourth-order valence-electron chi connectivity index (χ4n) is 4.75. The lowest BCUT2D eigenvalue weighted by Crippen LogP contribution is -2.33. The zero-order valence-electron chi connectivity index (χ0n) is 18.8. The second-order valence-corrected chi connectivity index (χ2v) is 8.67. The van der Waals surface area contributed by atoms with Gasteiger partial charge in [0, 0.05) is 18.3 Å². The van der Waals surface area contributed by atoms with Gasteiger partial charge in [-0.2, -0.15) is 0 Å². The molecule has 0 saturated carbocycles. The summed E-state index contributed by atoms with van der Waals surface area (Å²) in [6, 6.07) is 5.74. The summed E-state index contributed by atoms with van der Waals surface area (Å²) in [4.78, 5) is 2.86. The summed E-state index contributed by atoms with van der Waals surface area (Å²) in [6.07, 6.45) is 18.6. The molecule has 0 aromatic heterocycles. The highest BCUT2D eigenvalue weighted by molar-refractivity contribution is 5.67. The number of unbranched alkanes of at least 4 members (excludes halogenated alkanes) is 6. The first-order chi connectivity index (χ1) is 13.3. The highest BCUT2D eigenvalue weighted by atomic mass is 15.2. The molecule has 27 heavy (non-hydrogen) atoms. The third-order valence-corrected chi connectivity index (χ3v) is 6.37. The van der Waals surface area contributed by atoms with Crippen molar-refractivity contribution in [2.45, 2.75) is 124 Å². The summed E-state index contributed by atoms with van der Waals surface area (Å²) in [5.74, 6) is 0. The number of rotatable bonds is 14. The first-order valence-corrected chi connectivity index (χ1v) is 12.2. The minimum atomic E-state index is 0.753. The van der Waals surface area contributed by atoms with E-state index in [9.17, 15) is 0 Å². The summed E-state index contributed by atoms with van der Waals surface area (Å²) < 4.78 is 0. The van der Waals surface area contributed by atoms with Crippen LogP contribution < -0.4 is 4.90 Å². The van der Waals surface area contributed by atoms with Crippen molar-refractivity contribution in [3.8, 4) is 0 Å². The fraction of sp³-hybridized carbons (Fsp3) is 0.769. The Bertz CT molecular complexity index is 533. The predicted molar refractivity (Wildman–Crippen MR) is 122 cm³/mol. The lowest BCUT2D eigenvalue weighted by atomic mass is 9.93. The van der Waals surface area contributed by atoms with Crippen LogP contribution in [0.3, 0.4) is 0 Å². The number of fused-ring (bicyclic) bond motifs is 1. The number of nitrogens with zero attached hydrogens (tertiary/aromatic N) is 1. The highest BCUT2D eigenvalue weighted by Crippen LogP contribution is 2.40. The van der Waals surface area contributed by atoms with Crippen LogP contribution in [0.5, 0.6) is 0 Å². The van der Waals surface area contributed by atoms with E-state index in [1.165, 1.54) is 96.4 Å². The monoisotopic (exact) mass is 371 g/mol. The van der Waals surface area contributed by atoms with Gasteiger partial charge in [-0.25, -0.2) is 0 Å². The maximum Gasteiger partial charge on any atom is 0.0437 e. The molecule has 1 nitrogen and oxygen atoms in total. The van der Waals surface area contributed by atoms with Gasteiger partial charge in [-0.05, 0) is 61.6 Å². The van der Waals surface area contributed by atoms with Gasteiger partial charge in [-0.3, -0.25) is 0 Å². The Hall–Kier alpha value is -0.980. The quantitative estimate of drug-likeness (QED) is 0.301. The Labute approximate surface area is 169 Å². The Morgan fingerprint density at radius 1 is 0.778 bits per heavy atom. The van der Waals surface area contributed by atoms with Crippen LogP contribution in [0.4, 0.5) is 5.69 Å². The second-order valence-electron chi connectivity index (χ2n) is 8.67. The van der Waals surface area contributed by atoms with Gasteiger partial charge in [0.05, 0.1) is 0 Å². The Morgan fingerprint density at radius 2 is 1.48 bits per heavy atom. The Kier molecular flexibility index (Phi) is 10.3. The van der Waals surface area contributed by atoms with E-state index in [0.29, 0.717) is 0 Å². The third kappa shape index (κ3) is 6.26. The van der Waals surface area contributed by atoms with Crippen LogP contribution in [-0.4, -0.2) is 12.6 Å². The largest absolute Gasteiger partial charge is 0.368 e. The predicted octanol–water partition coefficient (Wildman–Crippen LogP) is 7.87. The molecule has 0 amide bonds. The van der Waals surface area contributed by atoms with Gasteiger partial charge in [0.15, 0.2) is 0 Å². The highest BCUT2D eigenvalue weighted by Gasteiger charge is 2.31. The van der Waals surface area contributed by atoms with Crippen LogP contribution in [0.25, 0.3) is 0 Å². The molecule has 1 heteroatoms. The van der Waals surface area contributed by atoms with Crippen molar-refractivity contribution in [3.05, 3.63) is 28.8 Å². The summed E-state index contributed by atoms with van der Waals surface area (Å²) in [7, 11) is 0. The van der Waals surface area contributed by atoms with Crippen molar-refractivity contribution in [3.63, 3.8) is 0 Å². The number of anilines is 1. The van der Waals surface area contributed by atoms with Crippen molar-refractivity contribution in [2.24, 2.45) is 0 Å². The van der Waals surface area contributed by atoms with E-state index in [1.54, 1.807) is 22.4 Å². The van der Waals surface area contributed by atoms with E-state index in [1.807, 2.05) is 0 Å². The van der Waals surface area contributed by atoms with Gasteiger partial charge in [0.1, 0.15) is 0 Å². The molecule has 2 rings (SSSR count). The molecule has 1 aromatic rings. The van der Waals surface area contributed by atoms with Crippen LogP contribution in [0.2, 0.25) is 0 Å². The SMILES string of the molecule is CCCCCc1ccc2c(c1CCCC)N(CCCCC)C(CCCC)C2. The smallest absolute Gasteiger partial charge is 0.0437 e. The fourth-order valence-corrected chi connectivity index (χ4v) is 4.75. The van der Waals surface area contributed by atoms with Crippen LogP contribution in [0.15, 0.2) is 12.1 Å². The molecule has 0 saturated heterocycles. The van der Waals surface area contributed by atoms with Crippen molar-refractivity contribution >= 4 is 5.69 Å². The van der Waals surface area contributed by atoms with Gasteiger partial charge in [-0.1, -0.05) is 84.8 Å². The molecule has 0 radical (unpaired) electrons. The van der Waals surface area contributed by atoms with Crippen molar-refractivity contribution in [1.29, 1.82) is 0 Å². The summed E-state index contributed by atoms with van der Waals surface area (Å²) in [5.41, 5.74) is 6.71. The molecule has 1 aliphatic rings. The first kappa shape index (κ1) is 22.3. The molecule has 0 fully saturated rings. The minimum Gasteiger partial charge on any atom is -0.368 e. The molecule has 0 bridgehead atoms. The van der Waals surface area contributed by atoms with Crippen LogP contribution in [-0.2, 0) is 19.3 Å². The van der Waals surface area contributed by atoms with E-state index in [4.69, 9.17) is 0 Å². The molecule has 154 valence electrons. The molecule has 1 aromatic carbocycles. The number of hydrogen-bond donors (Lipinski definition) is 0. The lowest BCUT2D eigenvalue weighted by Gasteiger charge is -2.30. The summed E-state index contributed by atoms with van der Waals surface area (Å²) in [5, 5.41) is 0. The van der Waals surface area contributed by atoms with E-state index in [-0.39, 0.29) is 0 Å². The molecule has 1 heterocycles. The van der Waals surface area contributed by atoms with Crippen LogP contribution in [0, 0.1) is 0 Å². The maximum atomic E-state index is 2.86. The van der Waals surface area contributed by atoms with E-state index < -0.39 is 0 Å². The minimum absolute atomic E-state index is 0.753. The maximum absolute atomic E-state index is 2.86.